The van der Waals surface area contributed by atoms with Crippen molar-refractivity contribution >= 4 is 18.1 Å². The van der Waals surface area contributed by atoms with Crippen molar-refractivity contribution in [3.8, 4) is 0 Å². The Labute approximate surface area is 143 Å². The summed E-state index contributed by atoms with van der Waals surface area (Å²) in [7, 11) is 0. The summed E-state index contributed by atoms with van der Waals surface area (Å²) < 4.78 is 30.2. The first-order valence-corrected chi connectivity index (χ1v) is 8.32. The Kier molecular flexibility index (Phi) is 4.75. The van der Waals surface area contributed by atoms with Gasteiger partial charge < -0.3 is 9.47 Å². The van der Waals surface area contributed by atoms with Crippen LogP contribution < -0.4 is 0 Å². The minimum absolute atomic E-state index is 0.00886. The smallest absolute Gasteiger partial charge is 0.259 e. The zero-order valence-corrected chi connectivity index (χ0v) is 14.1. The predicted octanol–water partition coefficient (Wildman–Crippen LogP) is 3.26. The highest BCUT2D eigenvalue weighted by Gasteiger charge is 2.30. The van der Waals surface area contributed by atoms with Crippen molar-refractivity contribution < 1.29 is 13.6 Å². The summed E-state index contributed by atoms with van der Waals surface area (Å²) in [6.45, 7) is 3.49. The molecule has 2 aromatic rings. The van der Waals surface area contributed by atoms with E-state index in [1.54, 1.807) is 0 Å². The molecule has 1 atom stereocenters. The van der Waals surface area contributed by atoms with Crippen LogP contribution in [0.1, 0.15) is 41.9 Å². The van der Waals surface area contributed by atoms with Crippen molar-refractivity contribution in [3.63, 3.8) is 0 Å². The number of halogens is 2. The molecule has 1 aromatic heterocycles. The number of piperidine rings is 1. The van der Waals surface area contributed by atoms with Gasteiger partial charge in [-0.05, 0) is 44.1 Å². The molecule has 0 spiro atoms. The molecular weight excluding hydrogens is 334 g/mol. The first-order valence-electron chi connectivity index (χ1n) is 7.91. The third kappa shape index (κ3) is 2.98. The van der Waals surface area contributed by atoms with E-state index in [0.717, 1.165) is 30.8 Å². The summed E-state index contributed by atoms with van der Waals surface area (Å²) in [5.74, 6) is -1.51. The maximum Gasteiger partial charge on any atom is 0.259 e. The Morgan fingerprint density at radius 3 is 2.79 bits per heavy atom. The lowest BCUT2D eigenvalue weighted by molar-refractivity contribution is 0.0693. The second-order valence-corrected chi connectivity index (χ2v) is 6.20. The quantitative estimate of drug-likeness (QED) is 0.863. The van der Waals surface area contributed by atoms with E-state index in [1.807, 2.05) is 11.5 Å². The number of benzene rings is 1. The summed E-state index contributed by atoms with van der Waals surface area (Å²) in [6.07, 6.45) is 1.60. The number of carbonyl (C=O) groups is 1. The molecular formula is C16H18F2N4OS. The van der Waals surface area contributed by atoms with Gasteiger partial charge in [0.05, 0.1) is 0 Å². The molecule has 0 bridgehead atoms. The molecule has 1 fully saturated rings. The highest BCUT2D eigenvalue weighted by molar-refractivity contribution is 7.71. The molecule has 0 saturated carbocycles. The number of aromatic nitrogens is 3. The molecule has 3 rings (SSSR count). The van der Waals surface area contributed by atoms with Crippen molar-refractivity contribution in [2.45, 2.75) is 32.2 Å². The zero-order chi connectivity index (χ0) is 17.3. The zero-order valence-electron chi connectivity index (χ0n) is 13.3. The number of likely N-dealkylation sites (tertiary alicyclic amines) is 1. The number of amides is 1. The van der Waals surface area contributed by atoms with Gasteiger partial charge in [0, 0.05) is 25.6 Å². The topological polar surface area (TPSA) is 53.9 Å². The minimum atomic E-state index is -0.835. The van der Waals surface area contributed by atoms with Crippen molar-refractivity contribution in [1.82, 2.24) is 19.7 Å². The van der Waals surface area contributed by atoms with Gasteiger partial charge >= 0.3 is 0 Å². The lowest BCUT2D eigenvalue weighted by Gasteiger charge is -2.32. The Morgan fingerprint density at radius 1 is 1.42 bits per heavy atom. The molecule has 24 heavy (non-hydrogen) atoms. The Bertz CT molecular complexity index is 796. The Morgan fingerprint density at radius 2 is 2.12 bits per heavy atom. The second-order valence-electron chi connectivity index (χ2n) is 5.82. The van der Waals surface area contributed by atoms with Crippen LogP contribution in [0, 0.1) is 16.4 Å². The largest absolute Gasteiger partial charge is 0.338 e. The fourth-order valence-corrected chi connectivity index (χ4v) is 3.45. The van der Waals surface area contributed by atoms with Crippen molar-refractivity contribution in [1.29, 1.82) is 0 Å². The molecule has 5 nitrogen and oxygen atoms in total. The maximum atomic E-state index is 13.9. The highest BCUT2D eigenvalue weighted by atomic mass is 32.1. The van der Waals surface area contributed by atoms with Crippen molar-refractivity contribution in [3.05, 3.63) is 46.0 Å². The molecule has 1 N–H and O–H groups in total. The number of nitrogens with one attached hydrogen (secondary N) is 1. The lowest BCUT2D eigenvalue weighted by atomic mass is 9.96. The normalized spacial score (nSPS) is 18.0. The average Bonchev–Trinajstić information content (AvgIpc) is 2.95. The van der Waals surface area contributed by atoms with Crippen LogP contribution in [0.3, 0.4) is 0 Å². The number of H-pyrrole nitrogens is 1. The monoisotopic (exact) mass is 352 g/mol. The van der Waals surface area contributed by atoms with E-state index in [4.69, 9.17) is 12.2 Å². The Balaban J connectivity index is 1.86. The van der Waals surface area contributed by atoms with E-state index in [-0.39, 0.29) is 5.92 Å². The summed E-state index contributed by atoms with van der Waals surface area (Å²) in [6, 6.07) is 3.44. The van der Waals surface area contributed by atoms with Gasteiger partial charge in [-0.3, -0.25) is 9.89 Å². The van der Waals surface area contributed by atoms with Crippen LogP contribution in [0.5, 0.6) is 0 Å². The summed E-state index contributed by atoms with van der Waals surface area (Å²) in [4.78, 5) is 14.1. The van der Waals surface area contributed by atoms with Crippen LogP contribution in [0.25, 0.3) is 0 Å². The number of aromatic amines is 1. The molecule has 0 radical (unpaired) electrons. The van der Waals surface area contributed by atoms with E-state index in [9.17, 15) is 13.6 Å². The molecule has 2 heterocycles. The minimum Gasteiger partial charge on any atom is -0.338 e. The van der Waals surface area contributed by atoms with E-state index >= 15 is 0 Å². The van der Waals surface area contributed by atoms with Gasteiger partial charge in [0.1, 0.15) is 23.0 Å². The predicted molar refractivity (Wildman–Crippen MR) is 87.3 cm³/mol. The van der Waals surface area contributed by atoms with Crippen LogP contribution in [0.2, 0.25) is 0 Å². The number of nitrogens with zero attached hydrogens (tertiary/aromatic N) is 3. The first kappa shape index (κ1) is 16.8. The molecule has 1 saturated heterocycles. The highest BCUT2D eigenvalue weighted by Crippen LogP contribution is 2.27. The number of hydrogen-bond acceptors (Lipinski definition) is 3. The van der Waals surface area contributed by atoms with Crippen LogP contribution >= 0.6 is 12.2 Å². The summed E-state index contributed by atoms with van der Waals surface area (Å²) >= 11 is 5.20. The summed E-state index contributed by atoms with van der Waals surface area (Å²) in [5, 5.41) is 7.04. The van der Waals surface area contributed by atoms with Gasteiger partial charge in [-0.15, -0.1) is 0 Å². The Hall–Kier alpha value is -2.09. The van der Waals surface area contributed by atoms with E-state index in [1.165, 1.54) is 11.0 Å². The maximum absolute atomic E-state index is 13.9. The van der Waals surface area contributed by atoms with E-state index < -0.39 is 23.1 Å². The van der Waals surface area contributed by atoms with Crippen LogP contribution in [0.4, 0.5) is 8.78 Å². The fourth-order valence-electron chi connectivity index (χ4n) is 3.18. The average molecular weight is 352 g/mol. The van der Waals surface area contributed by atoms with Crippen LogP contribution in [-0.4, -0.2) is 38.7 Å². The molecule has 1 aromatic carbocycles. The van der Waals surface area contributed by atoms with Crippen molar-refractivity contribution in [2.24, 2.45) is 0 Å². The number of rotatable bonds is 3. The second kappa shape index (κ2) is 6.80. The SMILES string of the molecule is CCn1c(C2CCCN(C(=O)c3c(F)cccc3F)C2)n[nH]c1=S. The first-order chi connectivity index (χ1) is 11.5. The number of carbonyl (C=O) groups excluding carboxylic acids is 1. The lowest BCUT2D eigenvalue weighted by Crippen LogP contribution is -2.40. The third-order valence-corrected chi connectivity index (χ3v) is 4.67. The molecule has 1 amide bonds. The fraction of sp³-hybridized carbons (Fsp3) is 0.438. The van der Waals surface area contributed by atoms with Gasteiger partial charge in [-0.1, -0.05) is 6.07 Å². The molecule has 128 valence electrons. The van der Waals surface area contributed by atoms with E-state index in [2.05, 4.69) is 10.2 Å². The van der Waals surface area contributed by atoms with Gasteiger partial charge in [-0.25, -0.2) is 8.78 Å². The molecule has 1 unspecified atom stereocenters. The van der Waals surface area contributed by atoms with Crippen molar-refractivity contribution in [2.75, 3.05) is 13.1 Å². The summed E-state index contributed by atoms with van der Waals surface area (Å²) in [5.41, 5.74) is -0.493. The molecule has 1 aliphatic heterocycles. The third-order valence-electron chi connectivity index (χ3n) is 4.35. The van der Waals surface area contributed by atoms with E-state index in [0.29, 0.717) is 24.4 Å². The molecule has 8 heteroatoms. The number of hydrogen-bond donors (Lipinski definition) is 1. The van der Waals surface area contributed by atoms with Gasteiger partial charge in [0.25, 0.3) is 5.91 Å². The standard InChI is InChI=1S/C16H18F2N4OS/c1-2-22-14(19-20-16(22)24)10-5-4-8-21(9-10)15(23)13-11(17)6-3-7-12(13)18/h3,6-7,10H,2,4-5,8-9H2,1H3,(H,20,24). The van der Waals surface area contributed by atoms with Gasteiger partial charge in [0.2, 0.25) is 0 Å². The van der Waals surface area contributed by atoms with Gasteiger partial charge in [0.15, 0.2) is 4.77 Å². The van der Waals surface area contributed by atoms with Crippen LogP contribution in [0.15, 0.2) is 18.2 Å². The van der Waals surface area contributed by atoms with Crippen LogP contribution in [-0.2, 0) is 6.54 Å². The van der Waals surface area contributed by atoms with Gasteiger partial charge in [-0.2, -0.15) is 5.10 Å². The molecule has 0 aliphatic carbocycles. The molecule has 1 aliphatic rings.